The third-order valence-corrected chi connectivity index (χ3v) is 6.89. The van der Waals surface area contributed by atoms with Gasteiger partial charge in [-0.2, -0.15) is 10.5 Å². The van der Waals surface area contributed by atoms with Gasteiger partial charge in [0.1, 0.15) is 18.2 Å². The van der Waals surface area contributed by atoms with Crippen molar-refractivity contribution in [3.63, 3.8) is 0 Å². The van der Waals surface area contributed by atoms with Crippen molar-refractivity contribution in [3.05, 3.63) is 53.6 Å². The number of carbonyl (C=O) groups excluding carboxylic acids is 1. The minimum absolute atomic E-state index is 0.0399. The largest absolute Gasteiger partial charge is 0.465 e. The molecular weight excluding hydrogens is 456 g/mol. The number of benzene rings is 2. The van der Waals surface area contributed by atoms with E-state index in [4.69, 9.17) is 0 Å². The van der Waals surface area contributed by atoms with E-state index in [0.717, 1.165) is 28.7 Å². The first kappa shape index (κ1) is 24.7. The second-order valence-electron chi connectivity index (χ2n) is 8.17. The number of hydrogen-bond acceptors (Lipinski definition) is 6. The summed E-state index contributed by atoms with van der Waals surface area (Å²) in [5.74, 6) is -0.476. The fraction of sp³-hybridized carbons (Fsp3) is 0.333. The standard InChI is InChI=1S/C24H24N4O5S/c1-34(32,33)22-13-18(9-10-19(22)14-25)17-7-5-16(6-8-17)12-20(15-26)27-23(29)21-4-2-3-11-28(21)24(30)31/h5-10,13,20-21H,2-4,11-12H2,1H3,(H,27,29)(H,30,31)/t20-,21?/m0/s1. The number of piperidine rings is 1. The third-order valence-electron chi connectivity index (χ3n) is 5.75. The van der Waals surface area contributed by atoms with Crippen LogP contribution < -0.4 is 5.32 Å². The van der Waals surface area contributed by atoms with Crippen molar-refractivity contribution in [2.45, 2.75) is 42.7 Å². The zero-order valence-corrected chi connectivity index (χ0v) is 19.4. The van der Waals surface area contributed by atoms with Gasteiger partial charge in [-0.1, -0.05) is 30.3 Å². The number of nitriles is 2. The lowest BCUT2D eigenvalue weighted by molar-refractivity contribution is -0.127. The number of hydrogen-bond donors (Lipinski definition) is 2. The first-order valence-corrected chi connectivity index (χ1v) is 12.6. The average Bonchev–Trinajstić information content (AvgIpc) is 2.83. The summed E-state index contributed by atoms with van der Waals surface area (Å²) in [5.41, 5.74) is 2.21. The van der Waals surface area contributed by atoms with Crippen molar-refractivity contribution in [1.29, 1.82) is 10.5 Å². The Morgan fingerprint density at radius 1 is 1.15 bits per heavy atom. The Morgan fingerprint density at radius 2 is 1.82 bits per heavy atom. The van der Waals surface area contributed by atoms with E-state index in [9.17, 15) is 33.6 Å². The summed E-state index contributed by atoms with van der Waals surface area (Å²) in [6.07, 6.45) is 2.00. The molecule has 176 valence electrons. The van der Waals surface area contributed by atoms with Gasteiger partial charge in [0, 0.05) is 19.2 Å². The lowest BCUT2D eigenvalue weighted by atomic mass is 9.99. The van der Waals surface area contributed by atoms with Crippen LogP contribution in [0.3, 0.4) is 0 Å². The van der Waals surface area contributed by atoms with Gasteiger partial charge in [-0.3, -0.25) is 9.69 Å². The number of likely N-dealkylation sites (tertiary alicyclic amines) is 1. The van der Waals surface area contributed by atoms with Gasteiger partial charge in [0.25, 0.3) is 0 Å². The van der Waals surface area contributed by atoms with Gasteiger partial charge < -0.3 is 10.4 Å². The Hall–Kier alpha value is -3.89. The zero-order valence-electron chi connectivity index (χ0n) is 18.6. The monoisotopic (exact) mass is 480 g/mol. The average molecular weight is 481 g/mol. The molecule has 2 amide bonds. The molecule has 0 aliphatic carbocycles. The second-order valence-corrected chi connectivity index (χ2v) is 10.2. The summed E-state index contributed by atoms with van der Waals surface area (Å²) in [7, 11) is -3.57. The molecule has 9 nitrogen and oxygen atoms in total. The number of nitrogens with zero attached hydrogens (tertiary/aromatic N) is 3. The highest BCUT2D eigenvalue weighted by Gasteiger charge is 2.33. The first-order valence-electron chi connectivity index (χ1n) is 10.7. The van der Waals surface area contributed by atoms with Gasteiger partial charge in [-0.05, 0) is 48.1 Å². The molecule has 0 spiro atoms. The summed E-state index contributed by atoms with van der Waals surface area (Å²) in [5, 5.41) is 30.7. The van der Waals surface area contributed by atoms with Crippen LogP contribution in [-0.4, -0.2) is 55.3 Å². The predicted molar refractivity (Wildman–Crippen MR) is 123 cm³/mol. The van der Waals surface area contributed by atoms with Crippen molar-refractivity contribution >= 4 is 21.8 Å². The van der Waals surface area contributed by atoms with Crippen LogP contribution in [0.2, 0.25) is 0 Å². The molecule has 0 aromatic heterocycles. The molecule has 1 saturated heterocycles. The fourth-order valence-corrected chi connectivity index (χ4v) is 4.85. The Labute approximate surface area is 198 Å². The molecule has 2 N–H and O–H groups in total. The van der Waals surface area contributed by atoms with Crippen molar-refractivity contribution in [3.8, 4) is 23.3 Å². The minimum Gasteiger partial charge on any atom is -0.465 e. The molecule has 3 rings (SSSR count). The minimum atomic E-state index is -3.57. The number of carboxylic acid groups (broad SMARTS) is 1. The number of sulfone groups is 1. The lowest BCUT2D eigenvalue weighted by Crippen LogP contribution is -2.53. The normalized spacial score (nSPS) is 16.7. The highest BCUT2D eigenvalue weighted by atomic mass is 32.2. The summed E-state index contributed by atoms with van der Waals surface area (Å²) in [6.45, 7) is 0.294. The van der Waals surface area contributed by atoms with Crippen molar-refractivity contribution in [2.75, 3.05) is 12.8 Å². The molecule has 0 radical (unpaired) electrons. The van der Waals surface area contributed by atoms with Crippen LogP contribution in [0.4, 0.5) is 4.79 Å². The molecule has 2 aromatic carbocycles. The summed E-state index contributed by atoms with van der Waals surface area (Å²) in [6, 6.07) is 14.0. The quantitative estimate of drug-likeness (QED) is 0.645. The van der Waals surface area contributed by atoms with Gasteiger partial charge in [-0.15, -0.1) is 0 Å². The Kier molecular flexibility index (Phi) is 7.54. The maximum absolute atomic E-state index is 12.6. The predicted octanol–water partition coefficient (Wildman–Crippen LogP) is 2.71. The molecule has 0 bridgehead atoms. The smallest absolute Gasteiger partial charge is 0.407 e. The molecule has 1 aliphatic rings. The molecule has 10 heteroatoms. The maximum atomic E-state index is 12.6. The number of carbonyl (C=O) groups is 2. The first-order chi connectivity index (χ1) is 16.1. The molecule has 1 heterocycles. The highest BCUT2D eigenvalue weighted by Crippen LogP contribution is 2.26. The van der Waals surface area contributed by atoms with Gasteiger partial charge in [-0.25, -0.2) is 13.2 Å². The molecule has 1 aliphatic heterocycles. The van der Waals surface area contributed by atoms with Crippen LogP contribution in [0.25, 0.3) is 11.1 Å². The summed E-state index contributed by atoms with van der Waals surface area (Å²) >= 11 is 0. The van der Waals surface area contributed by atoms with E-state index in [1.807, 2.05) is 6.07 Å². The van der Waals surface area contributed by atoms with Crippen molar-refractivity contribution < 1.29 is 23.1 Å². The highest BCUT2D eigenvalue weighted by molar-refractivity contribution is 7.90. The van der Waals surface area contributed by atoms with Crippen LogP contribution in [0, 0.1) is 22.7 Å². The zero-order chi connectivity index (χ0) is 24.9. The second kappa shape index (κ2) is 10.4. The van der Waals surface area contributed by atoms with Gasteiger partial charge in [0.05, 0.1) is 16.5 Å². The Balaban J connectivity index is 1.72. The molecular formula is C24H24N4O5S. The van der Waals surface area contributed by atoms with E-state index in [0.29, 0.717) is 24.9 Å². The number of amides is 2. The van der Waals surface area contributed by atoms with E-state index in [-0.39, 0.29) is 16.9 Å². The van der Waals surface area contributed by atoms with Crippen LogP contribution in [0.5, 0.6) is 0 Å². The van der Waals surface area contributed by atoms with E-state index in [1.54, 1.807) is 30.3 Å². The van der Waals surface area contributed by atoms with Crippen molar-refractivity contribution in [1.82, 2.24) is 10.2 Å². The number of nitrogens with one attached hydrogen (secondary N) is 1. The molecule has 2 aromatic rings. The Morgan fingerprint density at radius 3 is 2.41 bits per heavy atom. The van der Waals surface area contributed by atoms with Gasteiger partial charge >= 0.3 is 6.09 Å². The molecule has 1 unspecified atom stereocenters. The van der Waals surface area contributed by atoms with Crippen LogP contribution in [-0.2, 0) is 21.1 Å². The molecule has 0 saturated carbocycles. The van der Waals surface area contributed by atoms with E-state index in [2.05, 4.69) is 11.4 Å². The summed E-state index contributed by atoms with van der Waals surface area (Å²) in [4.78, 5) is 25.1. The van der Waals surface area contributed by atoms with E-state index >= 15 is 0 Å². The fourth-order valence-electron chi connectivity index (χ4n) is 4.00. The topological polar surface area (TPSA) is 151 Å². The Bertz CT molecular complexity index is 1280. The van der Waals surface area contributed by atoms with Crippen LogP contribution in [0.1, 0.15) is 30.4 Å². The van der Waals surface area contributed by atoms with Crippen LogP contribution >= 0.6 is 0 Å². The van der Waals surface area contributed by atoms with Gasteiger partial charge in [0.2, 0.25) is 5.91 Å². The van der Waals surface area contributed by atoms with Crippen LogP contribution in [0.15, 0.2) is 47.4 Å². The molecule has 2 atom stereocenters. The SMILES string of the molecule is CS(=O)(=O)c1cc(-c2ccc(C[C@@H](C#N)NC(=O)C3CCCCN3C(=O)O)cc2)ccc1C#N. The third kappa shape index (κ3) is 5.72. The van der Waals surface area contributed by atoms with Crippen molar-refractivity contribution in [2.24, 2.45) is 0 Å². The van der Waals surface area contributed by atoms with E-state index in [1.165, 1.54) is 12.1 Å². The number of rotatable bonds is 6. The molecule has 34 heavy (non-hydrogen) atoms. The lowest BCUT2D eigenvalue weighted by Gasteiger charge is -2.32. The van der Waals surface area contributed by atoms with E-state index < -0.39 is 33.9 Å². The maximum Gasteiger partial charge on any atom is 0.407 e. The molecule has 1 fully saturated rings. The van der Waals surface area contributed by atoms with Gasteiger partial charge in [0.15, 0.2) is 9.84 Å². The summed E-state index contributed by atoms with van der Waals surface area (Å²) < 4.78 is 24.0.